The van der Waals surface area contributed by atoms with Crippen molar-refractivity contribution in [2.45, 2.75) is 19.5 Å². The zero-order valence-electron chi connectivity index (χ0n) is 17.4. The summed E-state index contributed by atoms with van der Waals surface area (Å²) in [4.78, 5) is 39.9. The average molecular weight is 419 g/mol. The molecule has 2 amide bonds. The van der Waals surface area contributed by atoms with Gasteiger partial charge in [-0.05, 0) is 18.6 Å². The second-order valence-electron chi connectivity index (χ2n) is 7.62. The standard InChI is InChI=1S/C24H25N3O4/c1-17(18-7-3-2-4-8-18)25-22(28)16-27-15-20(19-9-5-6-10-21(19)27)23(29)24(30)26-11-13-31-14-12-26/h2-10,15,17H,11-14,16H2,1H3,(H,25,28)/t17-/m1/s1. The summed E-state index contributed by atoms with van der Waals surface area (Å²) in [5.74, 6) is -1.26. The third-order valence-electron chi connectivity index (χ3n) is 5.52. The van der Waals surface area contributed by atoms with Gasteiger partial charge < -0.3 is 19.5 Å². The molecule has 7 nitrogen and oxygen atoms in total. The van der Waals surface area contributed by atoms with Gasteiger partial charge in [-0.2, -0.15) is 0 Å². The monoisotopic (exact) mass is 419 g/mol. The highest BCUT2D eigenvalue weighted by molar-refractivity contribution is 6.44. The summed E-state index contributed by atoms with van der Waals surface area (Å²) in [6, 6.07) is 16.9. The van der Waals surface area contributed by atoms with Crippen molar-refractivity contribution in [2.24, 2.45) is 0 Å². The quantitative estimate of drug-likeness (QED) is 0.492. The normalized spacial score (nSPS) is 14.9. The molecule has 31 heavy (non-hydrogen) atoms. The van der Waals surface area contributed by atoms with Crippen molar-refractivity contribution in [1.29, 1.82) is 0 Å². The molecule has 0 radical (unpaired) electrons. The fraction of sp³-hybridized carbons (Fsp3) is 0.292. The maximum atomic E-state index is 13.0. The van der Waals surface area contributed by atoms with E-state index in [1.54, 1.807) is 16.8 Å². The molecule has 1 fully saturated rings. The Hall–Kier alpha value is -3.45. The van der Waals surface area contributed by atoms with Crippen molar-refractivity contribution < 1.29 is 19.1 Å². The predicted molar refractivity (Wildman–Crippen MR) is 117 cm³/mol. The number of amides is 2. The van der Waals surface area contributed by atoms with Crippen LogP contribution < -0.4 is 5.32 Å². The predicted octanol–water partition coefficient (Wildman–Crippen LogP) is 2.56. The SMILES string of the molecule is C[C@@H](NC(=O)Cn1cc(C(=O)C(=O)N2CCOCC2)c2ccccc21)c1ccccc1. The Bertz CT molecular complexity index is 1100. The van der Waals surface area contributed by atoms with Crippen molar-refractivity contribution in [3.63, 3.8) is 0 Å². The number of hydrogen-bond donors (Lipinski definition) is 1. The molecule has 0 unspecified atom stereocenters. The van der Waals surface area contributed by atoms with E-state index in [1.165, 1.54) is 4.90 Å². The van der Waals surface area contributed by atoms with Crippen LogP contribution in [0.2, 0.25) is 0 Å². The van der Waals surface area contributed by atoms with Crippen LogP contribution in [0.15, 0.2) is 60.8 Å². The van der Waals surface area contributed by atoms with Crippen LogP contribution in [0.1, 0.15) is 28.9 Å². The summed E-state index contributed by atoms with van der Waals surface area (Å²) in [6.07, 6.45) is 1.61. The van der Waals surface area contributed by atoms with Gasteiger partial charge in [-0.15, -0.1) is 0 Å². The number of ketones is 1. The fourth-order valence-corrected chi connectivity index (χ4v) is 3.85. The summed E-state index contributed by atoms with van der Waals surface area (Å²) in [5.41, 5.74) is 2.07. The summed E-state index contributed by atoms with van der Waals surface area (Å²) >= 11 is 0. The summed E-state index contributed by atoms with van der Waals surface area (Å²) in [7, 11) is 0. The second-order valence-corrected chi connectivity index (χ2v) is 7.62. The van der Waals surface area contributed by atoms with E-state index in [9.17, 15) is 14.4 Å². The lowest BCUT2D eigenvalue weighted by molar-refractivity contribution is -0.130. The molecule has 0 spiro atoms. The van der Waals surface area contributed by atoms with Crippen molar-refractivity contribution in [1.82, 2.24) is 14.8 Å². The maximum Gasteiger partial charge on any atom is 0.295 e. The van der Waals surface area contributed by atoms with Crippen LogP contribution in [0.3, 0.4) is 0 Å². The number of nitrogens with one attached hydrogen (secondary N) is 1. The van der Waals surface area contributed by atoms with Crippen LogP contribution in [0.25, 0.3) is 10.9 Å². The van der Waals surface area contributed by atoms with Crippen LogP contribution in [-0.4, -0.2) is 53.4 Å². The molecule has 2 heterocycles. The molecule has 1 aliphatic rings. The molecule has 1 N–H and O–H groups in total. The van der Waals surface area contributed by atoms with E-state index in [0.717, 1.165) is 11.1 Å². The minimum Gasteiger partial charge on any atom is -0.378 e. The van der Waals surface area contributed by atoms with Crippen LogP contribution >= 0.6 is 0 Å². The number of carbonyl (C=O) groups is 3. The summed E-state index contributed by atoms with van der Waals surface area (Å²) in [5, 5.41) is 3.65. The lowest BCUT2D eigenvalue weighted by Crippen LogP contribution is -2.44. The summed E-state index contributed by atoms with van der Waals surface area (Å²) in [6.45, 7) is 3.65. The van der Waals surface area contributed by atoms with E-state index in [4.69, 9.17) is 4.74 Å². The molecule has 0 saturated carbocycles. The highest BCUT2D eigenvalue weighted by Gasteiger charge is 2.27. The number of benzene rings is 2. The van der Waals surface area contributed by atoms with E-state index < -0.39 is 11.7 Å². The number of hydrogen-bond acceptors (Lipinski definition) is 4. The van der Waals surface area contributed by atoms with Crippen molar-refractivity contribution in [3.8, 4) is 0 Å². The van der Waals surface area contributed by atoms with Crippen LogP contribution in [0.4, 0.5) is 0 Å². The number of Topliss-reactive ketones (excluding diaryl/α,β-unsaturated/α-hetero) is 1. The summed E-state index contributed by atoms with van der Waals surface area (Å²) < 4.78 is 6.99. The number of rotatable bonds is 6. The Morgan fingerprint density at radius 1 is 1.00 bits per heavy atom. The van der Waals surface area contributed by atoms with Crippen molar-refractivity contribution >= 4 is 28.5 Å². The van der Waals surface area contributed by atoms with Gasteiger partial charge in [0.15, 0.2) is 0 Å². The van der Waals surface area contributed by atoms with E-state index in [1.807, 2.05) is 55.5 Å². The van der Waals surface area contributed by atoms with Gasteiger partial charge in [0.05, 0.1) is 24.8 Å². The number of ether oxygens (including phenoxy) is 1. The molecule has 1 aromatic heterocycles. The highest BCUT2D eigenvalue weighted by Crippen LogP contribution is 2.23. The molecule has 0 bridgehead atoms. The van der Waals surface area contributed by atoms with E-state index in [0.29, 0.717) is 37.3 Å². The zero-order chi connectivity index (χ0) is 21.8. The Labute approximate surface area is 180 Å². The minimum absolute atomic E-state index is 0.0523. The number of nitrogens with zero attached hydrogens (tertiary/aromatic N) is 2. The number of fused-ring (bicyclic) bond motifs is 1. The molecule has 1 atom stereocenters. The number of para-hydroxylation sites is 1. The fourth-order valence-electron chi connectivity index (χ4n) is 3.85. The van der Waals surface area contributed by atoms with Gasteiger partial charge in [0.2, 0.25) is 5.91 Å². The maximum absolute atomic E-state index is 13.0. The van der Waals surface area contributed by atoms with E-state index in [-0.39, 0.29) is 18.5 Å². The first kappa shape index (κ1) is 20.8. The molecule has 1 saturated heterocycles. The molecule has 0 aliphatic carbocycles. The Kier molecular flexibility index (Phi) is 6.13. The van der Waals surface area contributed by atoms with E-state index in [2.05, 4.69) is 5.32 Å². The van der Waals surface area contributed by atoms with Crippen molar-refractivity contribution in [3.05, 3.63) is 71.9 Å². The second kappa shape index (κ2) is 9.14. The molecular formula is C24H25N3O4. The highest BCUT2D eigenvalue weighted by atomic mass is 16.5. The molecule has 3 aromatic rings. The van der Waals surface area contributed by atoms with E-state index >= 15 is 0 Å². The first-order chi connectivity index (χ1) is 15.0. The molecule has 2 aromatic carbocycles. The third-order valence-corrected chi connectivity index (χ3v) is 5.52. The first-order valence-corrected chi connectivity index (χ1v) is 10.4. The third kappa shape index (κ3) is 4.51. The van der Waals surface area contributed by atoms with Gasteiger partial charge in [-0.25, -0.2) is 0 Å². The first-order valence-electron chi connectivity index (χ1n) is 10.4. The zero-order valence-corrected chi connectivity index (χ0v) is 17.4. The van der Waals surface area contributed by atoms with Gasteiger partial charge in [-0.3, -0.25) is 14.4 Å². The number of carbonyl (C=O) groups excluding carboxylic acids is 3. The van der Waals surface area contributed by atoms with Crippen molar-refractivity contribution in [2.75, 3.05) is 26.3 Å². The van der Waals surface area contributed by atoms with Gasteiger partial charge >= 0.3 is 0 Å². The van der Waals surface area contributed by atoms with Gasteiger partial charge in [0.25, 0.3) is 11.7 Å². The van der Waals surface area contributed by atoms with Crippen LogP contribution in [0, 0.1) is 0 Å². The lowest BCUT2D eigenvalue weighted by atomic mass is 10.1. The topological polar surface area (TPSA) is 80.6 Å². The Morgan fingerprint density at radius 3 is 2.42 bits per heavy atom. The largest absolute Gasteiger partial charge is 0.378 e. The van der Waals surface area contributed by atoms with Gasteiger partial charge in [0.1, 0.15) is 6.54 Å². The lowest BCUT2D eigenvalue weighted by Gasteiger charge is -2.25. The van der Waals surface area contributed by atoms with Crippen LogP contribution in [-0.2, 0) is 20.9 Å². The van der Waals surface area contributed by atoms with Crippen LogP contribution in [0.5, 0.6) is 0 Å². The molecule has 160 valence electrons. The van der Waals surface area contributed by atoms with Gasteiger partial charge in [-0.1, -0.05) is 48.5 Å². The Balaban J connectivity index is 1.54. The minimum atomic E-state index is -0.560. The molecule has 4 rings (SSSR count). The molecule has 7 heteroatoms. The average Bonchev–Trinajstić information content (AvgIpc) is 3.17. The smallest absolute Gasteiger partial charge is 0.295 e. The van der Waals surface area contributed by atoms with Gasteiger partial charge in [0, 0.05) is 30.2 Å². The number of aromatic nitrogens is 1. The Morgan fingerprint density at radius 2 is 1.68 bits per heavy atom. The number of morpholine rings is 1. The molecule has 1 aliphatic heterocycles. The molecular weight excluding hydrogens is 394 g/mol.